The molecule has 0 radical (unpaired) electrons. The number of likely N-dealkylation sites (tertiary alicyclic amines) is 1. The van der Waals surface area contributed by atoms with Crippen LogP contribution in [0.2, 0.25) is 0 Å². The van der Waals surface area contributed by atoms with Crippen LogP contribution in [-0.2, 0) is 9.53 Å². The van der Waals surface area contributed by atoms with Crippen LogP contribution >= 0.6 is 11.3 Å². The Balaban J connectivity index is 1.70. The van der Waals surface area contributed by atoms with Crippen molar-refractivity contribution in [3.8, 4) is 0 Å². The van der Waals surface area contributed by atoms with E-state index in [0.29, 0.717) is 0 Å². The minimum atomic E-state index is -0.0315. The number of aromatic nitrogens is 1. The number of methoxy groups -OCH3 is 1. The highest BCUT2D eigenvalue weighted by Crippen LogP contribution is 2.11. The monoisotopic (exact) mass is 309 g/mol. The maximum atomic E-state index is 11.9. The van der Waals surface area contributed by atoms with E-state index in [1.807, 2.05) is 12.3 Å². The maximum absolute atomic E-state index is 11.9. The van der Waals surface area contributed by atoms with Crippen molar-refractivity contribution in [3.05, 3.63) is 22.2 Å². The molecule has 6 heteroatoms. The molecule has 1 aliphatic heterocycles. The summed E-state index contributed by atoms with van der Waals surface area (Å²) in [4.78, 5) is 18.6. The first-order valence-electron chi connectivity index (χ1n) is 7.29. The average molecular weight is 309 g/mol. The van der Waals surface area contributed by atoms with Crippen molar-refractivity contribution in [1.29, 1.82) is 0 Å². The van der Waals surface area contributed by atoms with Gasteiger partial charge in [-0.1, -0.05) is 0 Å². The van der Waals surface area contributed by atoms with Crippen molar-refractivity contribution < 1.29 is 9.53 Å². The number of ether oxygens (including phenoxy) is 1. The molecule has 0 atom stereocenters. The van der Waals surface area contributed by atoms with Gasteiger partial charge in [-0.25, -0.2) is 4.98 Å². The number of hydrogen-bond acceptors (Lipinski definition) is 5. The Morgan fingerprint density at radius 2 is 2.33 bits per heavy atom. The van der Waals surface area contributed by atoms with Gasteiger partial charge in [-0.3, -0.25) is 4.79 Å². The molecule has 116 valence electrons. The van der Waals surface area contributed by atoms with Gasteiger partial charge >= 0.3 is 0 Å². The predicted molar refractivity (Wildman–Crippen MR) is 85.4 cm³/mol. The third-order valence-corrected chi connectivity index (χ3v) is 4.38. The summed E-state index contributed by atoms with van der Waals surface area (Å²) in [5.41, 5.74) is 0.849. The Bertz CT molecular complexity index is 479. The van der Waals surface area contributed by atoms with Gasteiger partial charge in [0.25, 0.3) is 0 Å². The van der Waals surface area contributed by atoms with Crippen molar-refractivity contribution in [2.75, 3.05) is 33.4 Å². The van der Waals surface area contributed by atoms with Crippen LogP contribution in [0.15, 0.2) is 11.5 Å². The van der Waals surface area contributed by atoms with Gasteiger partial charge < -0.3 is 15.0 Å². The summed E-state index contributed by atoms with van der Waals surface area (Å²) in [7, 11) is 1.73. The Kier molecular flexibility index (Phi) is 6.35. The fourth-order valence-electron chi connectivity index (χ4n) is 2.39. The van der Waals surface area contributed by atoms with Crippen LogP contribution in [0.4, 0.5) is 0 Å². The maximum Gasteiger partial charge on any atom is 0.244 e. The number of thiazole rings is 1. The molecule has 0 aliphatic carbocycles. The zero-order chi connectivity index (χ0) is 15.1. The molecule has 5 nitrogen and oxygen atoms in total. The van der Waals surface area contributed by atoms with Gasteiger partial charge in [0.2, 0.25) is 5.91 Å². The zero-order valence-corrected chi connectivity index (χ0v) is 13.5. The highest BCUT2D eigenvalue weighted by atomic mass is 32.1. The van der Waals surface area contributed by atoms with Crippen molar-refractivity contribution in [1.82, 2.24) is 15.2 Å². The summed E-state index contributed by atoms with van der Waals surface area (Å²) < 4.78 is 5.09. The molecule has 1 aromatic heterocycles. The van der Waals surface area contributed by atoms with Crippen LogP contribution in [0.5, 0.6) is 0 Å². The van der Waals surface area contributed by atoms with E-state index < -0.39 is 0 Å². The van der Waals surface area contributed by atoms with E-state index in [0.717, 1.165) is 49.8 Å². The minimum absolute atomic E-state index is 0.0315. The van der Waals surface area contributed by atoms with E-state index in [1.54, 1.807) is 30.6 Å². The van der Waals surface area contributed by atoms with Crippen molar-refractivity contribution in [2.45, 2.75) is 25.8 Å². The van der Waals surface area contributed by atoms with Gasteiger partial charge in [-0.05, 0) is 25.8 Å². The molecule has 1 aromatic rings. The lowest BCUT2D eigenvalue weighted by Gasteiger charge is -2.31. The van der Waals surface area contributed by atoms with Gasteiger partial charge in [0.15, 0.2) is 0 Å². The zero-order valence-electron chi connectivity index (χ0n) is 12.7. The number of hydrogen-bond donors (Lipinski definition) is 1. The van der Waals surface area contributed by atoms with E-state index in [-0.39, 0.29) is 11.9 Å². The molecule has 1 aliphatic rings. The van der Waals surface area contributed by atoms with Gasteiger partial charge in [-0.2, -0.15) is 0 Å². The van der Waals surface area contributed by atoms with Crippen molar-refractivity contribution in [2.24, 2.45) is 0 Å². The second kappa shape index (κ2) is 8.26. The second-order valence-corrected chi connectivity index (χ2v) is 6.30. The Labute approximate surface area is 130 Å². The van der Waals surface area contributed by atoms with Gasteiger partial charge in [0, 0.05) is 44.2 Å². The lowest BCUT2D eigenvalue weighted by Crippen LogP contribution is -2.45. The van der Waals surface area contributed by atoms with Crippen LogP contribution in [0, 0.1) is 6.92 Å². The first-order chi connectivity index (χ1) is 10.2. The van der Waals surface area contributed by atoms with Crippen LogP contribution in [-0.4, -0.2) is 55.2 Å². The SMILES string of the molecule is COCCN1CCC(NC(=O)/C=C\c2csc(C)n2)CC1. The van der Waals surface area contributed by atoms with E-state index in [9.17, 15) is 4.79 Å². The number of nitrogens with zero attached hydrogens (tertiary/aromatic N) is 2. The van der Waals surface area contributed by atoms with E-state index in [1.165, 1.54) is 0 Å². The second-order valence-electron chi connectivity index (χ2n) is 5.24. The summed E-state index contributed by atoms with van der Waals surface area (Å²) >= 11 is 1.59. The van der Waals surface area contributed by atoms with E-state index in [4.69, 9.17) is 4.74 Å². The van der Waals surface area contributed by atoms with Gasteiger partial charge in [0.05, 0.1) is 17.3 Å². The molecular weight excluding hydrogens is 286 g/mol. The van der Waals surface area contributed by atoms with Crippen LogP contribution in [0.3, 0.4) is 0 Å². The molecule has 0 saturated carbocycles. The van der Waals surface area contributed by atoms with E-state index in [2.05, 4.69) is 15.2 Å². The Morgan fingerprint density at radius 1 is 1.57 bits per heavy atom. The van der Waals surface area contributed by atoms with E-state index >= 15 is 0 Å². The summed E-state index contributed by atoms with van der Waals surface area (Å²) in [6.07, 6.45) is 5.34. The molecule has 0 bridgehead atoms. The Morgan fingerprint density at radius 3 is 2.95 bits per heavy atom. The fourth-order valence-corrected chi connectivity index (χ4v) is 2.97. The number of carbonyl (C=O) groups is 1. The van der Waals surface area contributed by atoms with Crippen LogP contribution < -0.4 is 5.32 Å². The third kappa shape index (κ3) is 5.57. The lowest BCUT2D eigenvalue weighted by atomic mass is 10.1. The molecule has 1 saturated heterocycles. The average Bonchev–Trinajstić information content (AvgIpc) is 2.90. The highest BCUT2D eigenvalue weighted by molar-refractivity contribution is 7.09. The van der Waals surface area contributed by atoms with Crippen LogP contribution in [0.1, 0.15) is 23.5 Å². The predicted octanol–water partition coefficient (Wildman–Crippen LogP) is 1.69. The van der Waals surface area contributed by atoms with Gasteiger partial charge in [-0.15, -0.1) is 11.3 Å². The summed E-state index contributed by atoms with van der Waals surface area (Å²) in [6.45, 7) is 5.74. The lowest BCUT2D eigenvalue weighted by molar-refractivity contribution is -0.117. The number of rotatable bonds is 6. The molecule has 0 unspecified atom stereocenters. The topological polar surface area (TPSA) is 54.5 Å². The molecule has 1 amide bonds. The molecule has 0 aromatic carbocycles. The number of amides is 1. The molecule has 2 rings (SSSR count). The molecule has 1 N–H and O–H groups in total. The quantitative estimate of drug-likeness (QED) is 0.813. The first-order valence-corrected chi connectivity index (χ1v) is 8.17. The third-order valence-electron chi connectivity index (χ3n) is 3.59. The molecular formula is C15H23N3O2S. The summed E-state index contributed by atoms with van der Waals surface area (Å²) in [5.74, 6) is -0.0315. The summed E-state index contributed by atoms with van der Waals surface area (Å²) in [5, 5.41) is 6.03. The standard InChI is InChI=1S/C15H23N3O2S/c1-12-16-14(11-21-12)3-4-15(19)17-13-5-7-18(8-6-13)9-10-20-2/h3-4,11,13H,5-10H2,1-2H3,(H,17,19)/b4-3-. The number of piperidine rings is 1. The number of aryl methyl sites for hydroxylation is 1. The molecule has 21 heavy (non-hydrogen) atoms. The van der Waals surface area contributed by atoms with Crippen molar-refractivity contribution in [3.63, 3.8) is 0 Å². The van der Waals surface area contributed by atoms with Crippen LogP contribution in [0.25, 0.3) is 6.08 Å². The number of nitrogens with one attached hydrogen (secondary N) is 1. The Hall–Kier alpha value is -1.24. The minimum Gasteiger partial charge on any atom is -0.383 e. The highest BCUT2D eigenvalue weighted by Gasteiger charge is 2.19. The molecule has 2 heterocycles. The first kappa shape index (κ1) is 16.1. The smallest absolute Gasteiger partial charge is 0.244 e. The van der Waals surface area contributed by atoms with Crippen molar-refractivity contribution >= 4 is 23.3 Å². The van der Waals surface area contributed by atoms with Gasteiger partial charge in [0.1, 0.15) is 0 Å². The fraction of sp³-hybridized carbons (Fsp3) is 0.600. The largest absolute Gasteiger partial charge is 0.383 e. The number of carbonyl (C=O) groups excluding carboxylic acids is 1. The normalized spacial score (nSPS) is 17.4. The molecule has 0 spiro atoms. The molecule has 1 fully saturated rings. The summed E-state index contributed by atoms with van der Waals surface area (Å²) in [6, 6.07) is 0.276.